The Labute approximate surface area is 299 Å². The van der Waals surface area contributed by atoms with Crippen LogP contribution in [0.3, 0.4) is 0 Å². The van der Waals surface area contributed by atoms with Crippen LogP contribution in [-0.2, 0) is 36.8 Å². The van der Waals surface area contributed by atoms with Gasteiger partial charge in [0, 0.05) is 25.7 Å². The number of hydrogen-bond donors (Lipinski definition) is 3. The van der Waals surface area contributed by atoms with Crippen molar-refractivity contribution in [3.63, 3.8) is 0 Å². The number of fused-ring (bicyclic) bond motifs is 1. The lowest BCUT2D eigenvalue weighted by Gasteiger charge is -2.31. The van der Waals surface area contributed by atoms with Crippen molar-refractivity contribution in [1.82, 2.24) is 25.1 Å². The van der Waals surface area contributed by atoms with Gasteiger partial charge in [-0.05, 0) is 70.1 Å². The van der Waals surface area contributed by atoms with Gasteiger partial charge in [-0.25, -0.2) is 14.6 Å². The Hall–Kier alpha value is -4.91. The second-order valence-electron chi connectivity index (χ2n) is 14.9. The molecule has 1 aliphatic carbocycles. The zero-order valence-corrected chi connectivity index (χ0v) is 30.3. The molecule has 1 aromatic heterocycles. The molecule has 0 radical (unpaired) electrons. The quantitative estimate of drug-likeness (QED) is 0.246. The van der Waals surface area contributed by atoms with Crippen molar-refractivity contribution in [2.45, 2.75) is 96.7 Å². The van der Waals surface area contributed by atoms with Crippen molar-refractivity contribution in [2.75, 3.05) is 25.0 Å². The number of likely N-dealkylation sites (tertiary alicyclic amines) is 1. The van der Waals surface area contributed by atoms with Crippen LogP contribution in [0.25, 0.3) is 0 Å². The maximum absolute atomic E-state index is 13.7. The number of nitrogens with zero attached hydrogens (tertiary/aromatic N) is 3. The molecule has 1 fully saturated rings. The number of anilines is 1. The average Bonchev–Trinajstić information content (AvgIpc) is 3.67. The number of amides is 4. The number of alkyl carbamates (subject to hydrolysis) is 1. The summed E-state index contributed by atoms with van der Waals surface area (Å²) in [5.74, 6) is -0.352. The lowest BCUT2D eigenvalue weighted by Crippen LogP contribution is -2.59. The van der Waals surface area contributed by atoms with E-state index in [1.807, 2.05) is 59.2 Å². The zero-order valence-electron chi connectivity index (χ0n) is 30.3. The van der Waals surface area contributed by atoms with Gasteiger partial charge >= 0.3 is 12.2 Å². The molecule has 1 aliphatic heterocycles. The molecule has 4 amide bonds. The van der Waals surface area contributed by atoms with Gasteiger partial charge in [-0.1, -0.05) is 61.5 Å². The third-order valence-electron chi connectivity index (χ3n) is 9.01. The molecule has 2 aromatic carbocycles. The molecule has 51 heavy (non-hydrogen) atoms. The summed E-state index contributed by atoms with van der Waals surface area (Å²) in [5, 5.41) is 8.10. The minimum atomic E-state index is -1.42. The number of aromatic nitrogens is 2. The Bertz CT molecular complexity index is 1680. The molecule has 13 heteroatoms. The summed E-state index contributed by atoms with van der Waals surface area (Å²) in [6, 6.07) is 15.9. The Morgan fingerprint density at radius 2 is 1.65 bits per heavy atom. The van der Waals surface area contributed by atoms with Crippen LogP contribution in [0.15, 0.2) is 67.1 Å². The normalized spacial score (nSPS) is 18.4. The van der Waals surface area contributed by atoms with Gasteiger partial charge in [-0.3, -0.25) is 9.59 Å². The highest BCUT2D eigenvalue weighted by atomic mass is 16.6. The van der Waals surface area contributed by atoms with Gasteiger partial charge in [-0.2, -0.15) is 0 Å². The Kier molecular flexibility index (Phi) is 11.7. The van der Waals surface area contributed by atoms with E-state index in [1.54, 1.807) is 38.2 Å². The van der Waals surface area contributed by atoms with Gasteiger partial charge < -0.3 is 39.6 Å². The van der Waals surface area contributed by atoms with Gasteiger partial charge in [0.25, 0.3) is 5.91 Å². The molecule has 13 nitrogen and oxygen atoms in total. The lowest BCUT2D eigenvalue weighted by atomic mass is 10.00. The van der Waals surface area contributed by atoms with E-state index < -0.39 is 41.2 Å². The second-order valence-corrected chi connectivity index (χ2v) is 14.9. The number of carbonyl (C=O) groups is 4. The fourth-order valence-corrected chi connectivity index (χ4v) is 6.16. The van der Waals surface area contributed by atoms with Crippen LogP contribution in [0.2, 0.25) is 0 Å². The lowest BCUT2D eigenvalue weighted by molar-refractivity contribution is -0.131. The first-order valence-electron chi connectivity index (χ1n) is 17.5. The third kappa shape index (κ3) is 10.1. The molecule has 274 valence electrons. The maximum Gasteiger partial charge on any atom is 0.410 e. The number of carbonyl (C=O) groups excluding carboxylic acids is 4. The molecule has 3 atom stereocenters. The van der Waals surface area contributed by atoms with Crippen LogP contribution in [0, 0.1) is 5.92 Å². The first kappa shape index (κ1) is 37.3. The SMILES string of the molecule is CC1CCN(C(=O)O[C@H]2Cc3ccccc3C2n2cnc(NC(=O)[C@@H](COCc3ccccc3)NC(=O)C(C)(C)NC(=O)OC(C)(C)C)c2)CC1. The van der Waals surface area contributed by atoms with E-state index in [0.29, 0.717) is 25.4 Å². The molecule has 1 unspecified atom stereocenters. The minimum Gasteiger partial charge on any atom is -0.444 e. The zero-order chi connectivity index (χ0) is 36.8. The predicted molar refractivity (Wildman–Crippen MR) is 191 cm³/mol. The minimum absolute atomic E-state index is 0.154. The molecule has 1 saturated heterocycles. The smallest absolute Gasteiger partial charge is 0.410 e. The number of ether oxygens (including phenoxy) is 3. The van der Waals surface area contributed by atoms with E-state index in [2.05, 4.69) is 27.9 Å². The highest BCUT2D eigenvalue weighted by Gasteiger charge is 2.38. The summed E-state index contributed by atoms with van der Waals surface area (Å²) in [6.45, 7) is 11.8. The number of nitrogens with one attached hydrogen (secondary N) is 3. The summed E-state index contributed by atoms with van der Waals surface area (Å²) in [4.78, 5) is 59.1. The van der Waals surface area contributed by atoms with Crippen LogP contribution in [0.1, 0.15) is 77.1 Å². The molecule has 3 aromatic rings. The van der Waals surface area contributed by atoms with Gasteiger partial charge in [-0.15, -0.1) is 0 Å². The molecule has 0 saturated carbocycles. The monoisotopic (exact) mass is 702 g/mol. The summed E-state index contributed by atoms with van der Waals surface area (Å²) in [6.07, 6.45) is 4.18. The number of benzene rings is 2. The van der Waals surface area contributed by atoms with Crippen molar-refractivity contribution in [1.29, 1.82) is 0 Å². The number of piperidine rings is 1. The van der Waals surface area contributed by atoms with Crippen molar-refractivity contribution in [2.24, 2.45) is 5.92 Å². The second kappa shape index (κ2) is 16.0. The van der Waals surface area contributed by atoms with E-state index >= 15 is 0 Å². The Balaban J connectivity index is 1.29. The molecule has 2 aliphatic rings. The van der Waals surface area contributed by atoms with E-state index in [9.17, 15) is 19.2 Å². The van der Waals surface area contributed by atoms with Gasteiger partial charge in [0.05, 0.1) is 25.6 Å². The van der Waals surface area contributed by atoms with E-state index in [-0.39, 0.29) is 31.2 Å². The molecule has 0 bridgehead atoms. The maximum atomic E-state index is 13.7. The van der Waals surface area contributed by atoms with Crippen molar-refractivity contribution < 1.29 is 33.4 Å². The molecule has 2 heterocycles. The van der Waals surface area contributed by atoms with E-state index in [0.717, 1.165) is 29.5 Å². The third-order valence-corrected chi connectivity index (χ3v) is 9.01. The molecule has 5 rings (SSSR count). The molecular formula is C38H50N6O7. The van der Waals surface area contributed by atoms with Gasteiger partial charge in [0.1, 0.15) is 23.3 Å². The highest BCUT2D eigenvalue weighted by molar-refractivity contribution is 5.98. The summed E-state index contributed by atoms with van der Waals surface area (Å²) >= 11 is 0. The highest BCUT2D eigenvalue weighted by Crippen LogP contribution is 2.37. The summed E-state index contributed by atoms with van der Waals surface area (Å²) in [7, 11) is 0. The Morgan fingerprint density at radius 3 is 2.35 bits per heavy atom. The van der Waals surface area contributed by atoms with Crippen molar-refractivity contribution in [3.8, 4) is 0 Å². The number of hydrogen-bond acceptors (Lipinski definition) is 8. The predicted octanol–water partition coefficient (Wildman–Crippen LogP) is 5.21. The van der Waals surface area contributed by atoms with E-state index in [4.69, 9.17) is 14.2 Å². The van der Waals surface area contributed by atoms with Gasteiger partial charge in [0.2, 0.25) is 5.91 Å². The largest absolute Gasteiger partial charge is 0.444 e. The first-order valence-corrected chi connectivity index (χ1v) is 17.5. The van der Waals surface area contributed by atoms with Crippen molar-refractivity contribution >= 4 is 29.8 Å². The van der Waals surface area contributed by atoms with Gasteiger partial charge in [0.15, 0.2) is 5.82 Å². The van der Waals surface area contributed by atoms with E-state index in [1.165, 1.54) is 13.8 Å². The molecule has 3 N–H and O–H groups in total. The molecule has 0 spiro atoms. The fraction of sp³-hybridized carbons (Fsp3) is 0.500. The van der Waals surface area contributed by atoms with Crippen LogP contribution in [0.5, 0.6) is 0 Å². The van der Waals surface area contributed by atoms with Crippen molar-refractivity contribution in [3.05, 3.63) is 83.8 Å². The molecular weight excluding hydrogens is 652 g/mol. The summed E-state index contributed by atoms with van der Waals surface area (Å²) in [5.41, 5.74) is 0.805. The first-order chi connectivity index (χ1) is 24.2. The van der Waals surface area contributed by atoms with Crippen LogP contribution >= 0.6 is 0 Å². The van der Waals surface area contributed by atoms with Crippen LogP contribution in [-0.4, -0.2) is 81.4 Å². The number of rotatable bonds is 11. The Morgan fingerprint density at radius 1 is 0.961 bits per heavy atom. The topological polar surface area (TPSA) is 153 Å². The number of imidazole rings is 1. The fourth-order valence-electron chi connectivity index (χ4n) is 6.16. The average molecular weight is 703 g/mol. The standard InChI is InChI=1S/C38H50N6O7/c1-25-16-18-43(19-17-25)36(48)50-30-20-27-14-10-11-15-28(27)32(30)44-21-31(39-24-44)41-33(45)29(23-49-22-26-12-8-7-9-13-26)40-34(46)38(5,6)42-35(47)51-37(2,3)4/h7-15,21,24-25,29-30,32H,16-20,22-23H2,1-6H3,(H,40,46)(H,41,45)(H,42,47)/t29-,30+,32?/m1/s1. The van der Waals surface area contributed by atoms with Crippen LogP contribution in [0.4, 0.5) is 15.4 Å². The van der Waals surface area contributed by atoms with Crippen LogP contribution < -0.4 is 16.0 Å². The summed E-state index contributed by atoms with van der Waals surface area (Å²) < 4.78 is 19.2.